The van der Waals surface area contributed by atoms with E-state index in [4.69, 9.17) is 14.6 Å². The minimum absolute atomic E-state index is 0.0265. The third kappa shape index (κ3) is 3.15. The topological polar surface area (TPSA) is 59.0 Å². The molecule has 2 atom stereocenters. The number of nitrogens with zero attached hydrogens (tertiary/aromatic N) is 1. The van der Waals surface area contributed by atoms with Crippen LogP contribution in [0.2, 0.25) is 0 Å². The number of carboxylic acid groups (broad SMARTS) is 1. The van der Waals surface area contributed by atoms with Gasteiger partial charge in [-0.3, -0.25) is 4.90 Å². The average Bonchev–Trinajstić information content (AvgIpc) is 2.83. The molecule has 1 fully saturated rings. The zero-order valence-electron chi connectivity index (χ0n) is 11.5. The van der Waals surface area contributed by atoms with Gasteiger partial charge in [-0.25, -0.2) is 9.18 Å². The number of carboxylic acids is 1. The van der Waals surface area contributed by atoms with Crippen LogP contribution in [0.25, 0.3) is 0 Å². The first kappa shape index (κ1) is 14.9. The van der Waals surface area contributed by atoms with Gasteiger partial charge < -0.3 is 14.6 Å². The number of methoxy groups -OCH3 is 2. The highest BCUT2D eigenvalue weighted by atomic mass is 19.1. The number of benzene rings is 1. The molecule has 20 heavy (non-hydrogen) atoms. The lowest BCUT2D eigenvalue weighted by Crippen LogP contribution is -2.27. The largest absolute Gasteiger partial charge is 0.478 e. The number of hydrogen-bond acceptors (Lipinski definition) is 4. The second-order valence-electron chi connectivity index (χ2n) is 4.85. The van der Waals surface area contributed by atoms with Crippen LogP contribution in [-0.2, 0) is 16.0 Å². The summed E-state index contributed by atoms with van der Waals surface area (Å²) >= 11 is 0. The van der Waals surface area contributed by atoms with E-state index in [-0.39, 0.29) is 17.8 Å². The first-order valence-electron chi connectivity index (χ1n) is 6.34. The molecule has 0 bridgehead atoms. The maximum absolute atomic E-state index is 13.9. The van der Waals surface area contributed by atoms with Gasteiger partial charge in [-0.1, -0.05) is 6.07 Å². The van der Waals surface area contributed by atoms with Gasteiger partial charge in [0, 0.05) is 39.4 Å². The number of ether oxygens (including phenoxy) is 2. The molecule has 1 aromatic rings. The molecule has 1 heterocycles. The molecule has 1 aliphatic rings. The minimum atomic E-state index is -1.13. The smallest absolute Gasteiger partial charge is 0.335 e. The van der Waals surface area contributed by atoms with E-state index in [0.29, 0.717) is 25.2 Å². The number of hydrogen-bond donors (Lipinski definition) is 1. The number of carbonyl (C=O) groups is 1. The summed E-state index contributed by atoms with van der Waals surface area (Å²) in [6.07, 6.45) is -0.0530. The fourth-order valence-corrected chi connectivity index (χ4v) is 2.45. The van der Waals surface area contributed by atoms with Crippen molar-refractivity contribution >= 4 is 5.97 Å². The molecular weight excluding hydrogens is 265 g/mol. The SMILES string of the molecule is COC1CN(Cc2ccc(C(=O)O)cc2F)CC1OC. The van der Waals surface area contributed by atoms with E-state index in [1.54, 1.807) is 14.2 Å². The van der Waals surface area contributed by atoms with Crippen molar-refractivity contribution in [1.29, 1.82) is 0 Å². The van der Waals surface area contributed by atoms with Crippen molar-refractivity contribution in [2.45, 2.75) is 18.8 Å². The minimum Gasteiger partial charge on any atom is -0.478 e. The van der Waals surface area contributed by atoms with E-state index in [9.17, 15) is 9.18 Å². The first-order valence-corrected chi connectivity index (χ1v) is 6.34. The quantitative estimate of drug-likeness (QED) is 0.884. The van der Waals surface area contributed by atoms with E-state index in [1.165, 1.54) is 12.1 Å². The lowest BCUT2D eigenvalue weighted by molar-refractivity contribution is -0.00461. The highest BCUT2D eigenvalue weighted by Gasteiger charge is 2.33. The third-order valence-corrected chi connectivity index (χ3v) is 3.59. The summed E-state index contributed by atoms with van der Waals surface area (Å²) in [6.45, 7) is 1.73. The third-order valence-electron chi connectivity index (χ3n) is 3.59. The molecule has 0 spiro atoms. The molecule has 0 aromatic heterocycles. The van der Waals surface area contributed by atoms with Gasteiger partial charge in [0.25, 0.3) is 0 Å². The Bertz CT molecular complexity index is 482. The second-order valence-corrected chi connectivity index (χ2v) is 4.85. The first-order chi connectivity index (χ1) is 9.55. The second kappa shape index (κ2) is 6.30. The fraction of sp³-hybridized carbons (Fsp3) is 0.500. The monoisotopic (exact) mass is 283 g/mol. The predicted octanol–water partition coefficient (Wildman–Crippen LogP) is 1.37. The number of aromatic carboxylic acids is 1. The summed E-state index contributed by atoms with van der Waals surface area (Å²) in [7, 11) is 3.25. The van der Waals surface area contributed by atoms with Crippen LogP contribution in [-0.4, -0.2) is 55.5 Å². The summed E-state index contributed by atoms with van der Waals surface area (Å²) in [5, 5.41) is 8.81. The Morgan fingerprint density at radius 2 is 1.95 bits per heavy atom. The molecule has 6 heteroatoms. The molecular formula is C14H18FNO4. The van der Waals surface area contributed by atoms with Crippen LogP contribution in [0.1, 0.15) is 15.9 Å². The van der Waals surface area contributed by atoms with E-state index in [2.05, 4.69) is 0 Å². The Kier molecular flexibility index (Phi) is 4.69. The molecule has 1 aromatic carbocycles. The van der Waals surface area contributed by atoms with Crippen LogP contribution >= 0.6 is 0 Å². The van der Waals surface area contributed by atoms with Crippen molar-refractivity contribution in [3.05, 3.63) is 35.1 Å². The van der Waals surface area contributed by atoms with Crippen LogP contribution in [0.3, 0.4) is 0 Å². The van der Waals surface area contributed by atoms with Gasteiger partial charge in [0.15, 0.2) is 0 Å². The number of rotatable bonds is 5. The molecule has 0 saturated carbocycles. The molecule has 1 saturated heterocycles. The van der Waals surface area contributed by atoms with Crippen molar-refractivity contribution < 1.29 is 23.8 Å². The average molecular weight is 283 g/mol. The Hall–Kier alpha value is -1.50. The molecule has 0 amide bonds. The molecule has 0 radical (unpaired) electrons. The summed E-state index contributed by atoms with van der Waals surface area (Å²) in [4.78, 5) is 12.8. The summed E-state index contributed by atoms with van der Waals surface area (Å²) in [6, 6.07) is 3.98. The Morgan fingerprint density at radius 3 is 2.40 bits per heavy atom. The van der Waals surface area contributed by atoms with E-state index in [1.807, 2.05) is 4.90 Å². The van der Waals surface area contributed by atoms with Crippen LogP contribution in [0.5, 0.6) is 0 Å². The maximum atomic E-state index is 13.9. The van der Waals surface area contributed by atoms with E-state index >= 15 is 0 Å². The summed E-state index contributed by atoms with van der Waals surface area (Å²) in [5.41, 5.74) is 0.429. The number of halogens is 1. The molecule has 2 unspecified atom stereocenters. The van der Waals surface area contributed by atoms with Crippen molar-refractivity contribution in [2.75, 3.05) is 27.3 Å². The van der Waals surface area contributed by atoms with Crippen molar-refractivity contribution in [3.8, 4) is 0 Å². The normalized spacial score (nSPS) is 23.1. The Morgan fingerprint density at radius 1 is 1.35 bits per heavy atom. The Balaban J connectivity index is 2.06. The van der Waals surface area contributed by atoms with Crippen molar-refractivity contribution in [1.82, 2.24) is 4.90 Å². The van der Waals surface area contributed by atoms with Gasteiger partial charge in [0.05, 0.1) is 17.8 Å². The molecule has 110 valence electrons. The summed E-state index contributed by atoms with van der Waals surface area (Å²) in [5.74, 6) is -1.63. The van der Waals surface area contributed by atoms with Crippen LogP contribution in [0, 0.1) is 5.82 Å². The lowest BCUT2D eigenvalue weighted by atomic mass is 10.1. The highest BCUT2D eigenvalue weighted by Crippen LogP contribution is 2.20. The zero-order valence-corrected chi connectivity index (χ0v) is 11.5. The van der Waals surface area contributed by atoms with Gasteiger partial charge in [-0.15, -0.1) is 0 Å². The molecule has 1 N–H and O–H groups in total. The van der Waals surface area contributed by atoms with E-state index < -0.39 is 11.8 Å². The Labute approximate surface area is 116 Å². The van der Waals surface area contributed by atoms with Gasteiger partial charge in [-0.2, -0.15) is 0 Å². The zero-order chi connectivity index (χ0) is 14.7. The van der Waals surface area contributed by atoms with Crippen LogP contribution in [0.4, 0.5) is 4.39 Å². The highest BCUT2D eigenvalue weighted by molar-refractivity contribution is 5.87. The molecule has 2 rings (SSSR count). The molecule has 5 nitrogen and oxygen atoms in total. The molecule has 1 aliphatic heterocycles. The summed E-state index contributed by atoms with van der Waals surface area (Å²) < 4.78 is 24.5. The van der Waals surface area contributed by atoms with Crippen LogP contribution < -0.4 is 0 Å². The predicted molar refractivity (Wildman–Crippen MR) is 70.2 cm³/mol. The van der Waals surface area contributed by atoms with Gasteiger partial charge >= 0.3 is 5.97 Å². The fourth-order valence-electron chi connectivity index (χ4n) is 2.45. The van der Waals surface area contributed by atoms with Crippen molar-refractivity contribution in [2.24, 2.45) is 0 Å². The van der Waals surface area contributed by atoms with Crippen LogP contribution in [0.15, 0.2) is 18.2 Å². The lowest BCUT2D eigenvalue weighted by Gasteiger charge is -2.15. The van der Waals surface area contributed by atoms with Gasteiger partial charge in [0.2, 0.25) is 0 Å². The van der Waals surface area contributed by atoms with E-state index in [0.717, 1.165) is 6.07 Å². The number of likely N-dealkylation sites (tertiary alicyclic amines) is 1. The standard InChI is InChI=1S/C14H18FNO4/c1-19-12-7-16(8-13(12)20-2)6-10-4-3-9(14(17)18)5-11(10)15/h3-5,12-13H,6-8H2,1-2H3,(H,17,18). The maximum Gasteiger partial charge on any atom is 0.335 e. The van der Waals surface area contributed by atoms with Gasteiger partial charge in [0.1, 0.15) is 5.82 Å². The molecule has 0 aliphatic carbocycles. The van der Waals surface area contributed by atoms with Crippen molar-refractivity contribution in [3.63, 3.8) is 0 Å². The van der Waals surface area contributed by atoms with Gasteiger partial charge in [-0.05, 0) is 12.1 Å².